The maximum absolute atomic E-state index is 12.1. The van der Waals surface area contributed by atoms with Gasteiger partial charge >= 0.3 is 0 Å². The van der Waals surface area contributed by atoms with Crippen molar-refractivity contribution < 1.29 is 9.90 Å². The third-order valence-corrected chi connectivity index (χ3v) is 3.15. The molecule has 0 aliphatic rings. The summed E-state index contributed by atoms with van der Waals surface area (Å²) in [7, 11) is 0. The number of hydrogen-bond acceptors (Lipinski definition) is 3. The molecule has 106 valence electrons. The molecule has 0 aliphatic carbocycles. The van der Waals surface area contributed by atoms with Crippen LogP contribution in [0.15, 0.2) is 24.3 Å². The van der Waals surface area contributed by atoms with Gasteiger partial charge in [-0.2, -0.15) is 0 Å². The lowest BCUT2D eigenvalue weighted by Gasteiger charge is -2.11. The van der Waals surface area contributed by atoms with Gasteiger partial charge in [-0.3, -0.25) is 4.79 Å². The number of benzene rings is 1. The zero-order valence-corrected chi connectivity index (χ0v) is 11.6. The van der Waals surface area contributed by atoms with Gasteiger partial charge in [0.25, 0.3) is 5.91 Å². The fourth-order valence-corrected chi connectivity index (χ4v) is 1.95. The fraction of sp³-hybridized carbons (Fsp3) is 0.533. The van der Waals surface area contributed by atoms with Crippen LogP contribution in [0.1, 0.15) is 35.7 Å². The fourth-order valence-electron chi connectivity index (χ4n) is 1.95. The average Bonchev–Trinajstić information content (AvgIpc) is 2.44. The number of rotatable bonds is 8. The van der Waals surface area contributed by atoms with Crippen molar-refractivity contribution >= 4 is 5.91 Å². The van der Waals surface area contributed by atoms with Gasteiger partial charge in [0.2, 0.25) is 0 Å². The molecule has 4 N–H and O–H groups in total. The molecule has 0 heterocycles. The van der Waals surface area contributed by atoms with Gasteiger partial charge in [0.1, 0.15) is 0 Å². The van der Waals surface area contributed by atoms with Crippen LogP contribution >= 0.6 is 0 Å². The van der Waals surface area contributed by atoms with E-state index in [9.17, 15) is 4.79 Å². The molecule has 0 aromatic heterocycles. The van der Waals surface area contributed by atoms with Gasteiger partial charge < -0.3 is 16.2 Å². The van der Waals surface area contributed by atoms with Gasteiger partial charge in [0, 0.05) is 18.7 Å². The Morgan fingerprint density at radius 1 is 1.42 bits per heavy atom. The lowest BCUT2D eigenvalue weighted by molar-refractivity contribution is 0.0951. The highest BCUT2D eigenvalue weighted by Gasteiger charge is 2.09. The average molecular weight is 264 g/mol. The normalized spacial score (nSPS) is 12.2. The molecule has 1 atom stereocenters. The molecular weight excluding hydrogens is 240 g/mol. The zero-order valence-electron chi connectivity index (χ0n) is 11.6. The van der Waals surface area contributed by atoms with E-state index in [0.29, 0.717) is 31.0 Å². The Hall–Kier alpha value is -1.39. The predicted octanol–water partition coefficient (Wildman–Crippen LogP) is 1.33. The van der Waals surface area contributed by atoms with E-state index in [2.05, 4.69) is 5.32 Å². The van der Waals surface area contributed by atoms with Gasteiger partial charge in [-0.05, 0) is 43.4 Å². The van der Waals surface area contributed by atoms with E-state index in [-0.39, 0.29) is 12.5 Å². The van der Waals surface area contributed by atoms with Crippen molar-refractivity contribution in [3.05, 3.63) is 35.4 Å². The summed E-state index contributed by atoms with van der Waals surface area (Å²) in [5.74, 6) is 0.252. The highest BCUT2D eigenvalue weighted by molar-refractivity contribution is 5.95. The number of nitrogens with one attached hydrogen (secondary N) is 1. The van der Waals surface area contributed by atoms with Crippen LogP contribution in [0.3, 0.4) is 0 Å². The molecule has 0 fully saturated rings. The van der Waals surface area contributed by atoms with E-state index in [0.717, 1.165) is 18.4 Å². The van der Waals surface area contributed by atoms with Crippen LogP contribution in [-0.4, -0.2) is 30.7 Å². The van der Waals surface area contributed by atoms with Crippen LogP contribution in [0.5, 0.6) is 0 Å². The number of carbonyl (C=O) groups excluding carboxylic acids is 1. The summed E-state index contributed by atoms with van der Waals surface area (Å²) in [5.41, 5.74) is 7.25. The summed E-state index contributed by atoms with van der Waals surface area (Å²) in [6, 6.07) is 7.56. The van der Waals surface area contributed by atoms with E-state index in [1.54, 1.807) is 0 Å². The molecule has 19 heavy (non-hydrogen) atoms. The van der Waals surface area contributed by atoms with Gasteiger partial charge in [0.05, 0.1) is 0 Å². The Morgan fingerprint density at radius 3 is 2.84 bits per heavy atom. The molecular formula is C15H24N2O2. The van der Waals surface area contributed by atoms with Gasteiger partial charge in [0.15, 0.2) is 0 Å². The molecule has 4 nitrogen and oxygen atoms in total. The van der Waals surface area contributed by atoms with Gasteiger partial charge in [-0.25, -0.2) is 0 Å². The molecule has 1 aromatic rings. The topological polar surface area (TPSA) is 75.3 Å². The van der Waals surface area contributed by atoms with E-state index >= 15 is 0 Å². The molecule has 0 radical (unpaired) electrons. The molecule has 0 saturated heterocycles. The van der Waals surface area contributed by atoms with E-state index < -0.39 is 0 Å². The summed E-state index contributed by atoms with van der Waals surface area (Å²) in [4.78, 5) is 12.1. The first-order valence-corrected chi connectivity index (χ1v) is 6.86. The van der Waals surface area contributed by atoms with Crippen LogP contribution < -0.4 is 11.1 Å². The van der Waals surface area contributed by atoms with Gasteiger partial charge in [-0.1, -0.05) is 25.1 Å². The van der Waals surface area contributed by atoms with Crippen LogP contribution in [0.25, 0.3) is 0 Å². The summed E-state index contributed by atoms with van der Waals surface area (Å²) in [5, 5.41) is 11.8. The van der Waals surface area contributed by atoms with Crippen molar-refractivity contribution in [3.8, 4) is 0 Å². The van der Waals surface area contributed by atoms with E-state index in [1.165, 1.54) is 0 Å². The molecule has 0 aliphatic heterocycles. The Balaban J connectivity index is 2.45. The van der Waals surface area contributed by atoms with Crippen LogP contribution in [0.4, 0.5) is 0 Å². The first-order valence-electron chi connectivity index (χ1n) is 6.86. The zero-order chi connectivity index (χ0) is 14.1. The third kappa shape index (κ3) is 5.41. The standard InChI is InChI=1S/C15H24N2O2/c1-12(11-18)5-4-10-17-15(19)14-7-3-2-6-13(14)8-9-16/h2-3,6-7,12,18H,4-5,8-11,16H2,1H3,(H,17,19). The molecule has 0 saturated carbocycles. The maximum Gasteiger partial charge on any atom is 0.251 e. The first-order chi connectivity index (χ1) is 9.19. The maximum atomic E-state index is 12.1. The SMILES string of the molecule is CC(CO)CCCNC(=O)c1ccccc1CCN. The largest absolute Gasteiger partial charge is 0.396 e. The quantitative estimate of drug-likeness (QED) is 0.620. The molecule has 1 rings (SSSR count). The Bertz CT molecular complexity index is 393. The molecule has 1 aromatic carbocycles. The number of carbonyl (C=O) groups is 1. The third-order valence-electron chi connectivity index (χ3n) is 3.15. The minimum absolute atomic E-state index is 0.0410. The molecule has 4 heteroatoms. The summed E-state index contributed by atoms with van der Waals surface area (Å²) in [6.45, 7) is 3.38. The lowest BCUT2D eigenvalue weighted by atomic mass is 10.0. The second-order valence-corrected chi connectivity index (χ2v) is 4.88. The van der Waals surface area contributed by atoms with Crippen molar-refractivity contribution in [3.63, 3.8) is 0 Å². The molecule has 1 unspecified atom stereocenters. The van der Waals surface area contributed by atoms with Crippen LogP contribution in [-0.2, 0) is 6.42 Å². The smallest absolute Gasteiger partial charge is 0.251 e. The Kier molecular flexibility index (Phi) is 7.15. The molecule has 0 bridgehead atoms. The first kappa shape index (κ1) is 15.7. The number of hydrogen-bond donors (Lipinski definition) is 3. The van der Waals surface area contributed by atoms with Crippen molar-refractivity contribution in [2.75, 3.05) is 19.7 Å². The summed E-state index contributed by atoms with van der Waals surface area (Å²) < 4.78 is 0. The van der Waals surface area contributed by atoms with E-state index in [1.807, 2.05) is 31.2 Å². The van der Waals surface area contributed by atoms with Crippen LogP contribution in [0, 0.1) is 5.92 Å². The highest BCUT2D eigenvalue weighted by Crippen LogP contribution is 2.09. The molecule has 0 spiro atoms. The number of aliphatic hydroxyl groups excluding tert-OH is 1. The number of amides is 1. The van der Waals surface area contributed by atoms with Crippen LogP contribution in [0.2, 0.25) is 0 Å². The number of nitrogens with two attached hydrogens (primary N) is 1. The molecule has 1 amide bonds. The minimum Gasteiger partial charge on any atom is -0.396 e. The van der Waals surface area contributed by atoms with Crippen molar-refractivity contribution in [2.45, 2.75) is 26.2 Å². The minimum atomic E-state index is -0.0410. The lowest BCUT2D eigenvalue weighted by Crippen LogP contribution is -2.26. The second-order valence-electron chi connectivity index (χ2n) is 4.88. The van der Waals surface area contributed by atoms with Crippen molar-refractivity contribution in [2.24, 2.45) is 11.7 Å². The number of aliphatic hydroxyl groups is 1. The van der Waals surface area contributed by atoms with Crippen molar-refractivity contribution in [1.82, 2.24) is 5.32 Å². The monoisotopic (exact) mass is 264 g/mol. The summed E-state index contributed by atoms with van der Waals surface area (Å²) >= 11 is 0. The van der Waals surface area contributed by atoms with Crippen molar-refractivity contribution in [1.29, 1.82) is 0 Å². The second kappa shape index (κ2) is 8.67. The Morgan fingerprint density at radius 2 is 2.16 bits per heavy atom. The van der Waals surface area contributed by atoms with E-state index in [4.69, 9.17) is 10.8 Å². The van der Waals surface area contributed by atoms with Gasteiger partial charge in [-0.15, -0.1) is 0 Å². The highest BCUT2D eigenvalue weighted by atomic mass is 16.3. The summed E-state index contributed by atoms with van der Waals surface area (Å²) in [6.07, 6.45) is 2.51. The predicted molar refractivity (Wildman–Crippen MR) is 77.0 cm³/mol. The Labute approximate surface area is 115 Å².